The Kier molecular flexibility index (Phi) is 5.08. The predicted octanol–water partition coefficient (Wildman–Crippen LogP) is 4.03. The Morgan fingerprint density at radius 1 is 1.46 bits per heavy atom. The molecule has 2 aromatic rings. The Bertz CT molecular complexity index is 700. The Morgan fingerprint density at radius 2 is 2.12 bits per heavy atom. The van der Waals surface area contributed by atoms with E-state index in [1.165, 1.54) is 19.9 Å². The molecule has 130 valence electrons. The number of ether oxygens (including phenoxy) is 1. The van der Waals surface area contributed by atoms with E-state index in [9.17, 15) is 18.7 Å². The van der Waals surface area contributed by atoms with E-state index in [0.717, 1.165) is 5.39 Å². The molecule has 0 fully saturated rings. The van der Waals surface area contributed by atoms with Crippen molar-refractivity contribution in [3.8, 4) is 0 Å². The number of carbonyl (C=O) groups is 1. The van der Waals surface area contributed by atoms with Crippen LogP contribution in [0.25, 0.3) is 11.0 Å². The Labute approximate surface area is 138 Å². The van der Waals surface area contributed by atoms with Crippen LogP contribution < -0.4 is 0 Å². The number of fused-ring (bicyclic) bond motifs is 1. The zero-order chi connectivity index (χ0) is 18.0. The summed E-state index contributed by atoms with van der Waals surface area (Å²) in [5.74, 6) is -6.33. The fourth-order valence-electron chi connectivity index (χ4n) is 2.52. The van der Waals surface area contributed by atoms with Crippen LogP contribution in [-0.2, 0) is 15.1 Å². The molecular formula is C18H20F2O4. The van der Waals surface area contributed by atoms with E-state index in [-0.39, 0.29) is 12.4 Å². The number of alkyl halides is 2. The average molecular weight is 338 g/mol. The van der Waals surface area contributed by atoms with Gasteiger partial charge in [-0.05, 0) is 26.0 Å². The average Bonchev–Trinajstić information content (AvgIpc) is 2.97. The molecule has 0 amide bonds. The van der Waals surface area contributed by atoms with Crippen molar-refractivity contribution in [1.82, 2.24) is 0 Å². The minimum Gasteiger partial charge on any atom is -0.462 e. The summed E-state index contributed by atoms with van der Waals surface area (Å²) in [5.41, 5.74) is -1.22. The maximum absolute atomic E-state index is 14.0. The van der Waals surface area contributed by atoms with Crippen molar-refractivity contribution in [3.05, 3.63) is 48.7 Å². The van der Waals surface area contributed by atoms with Crippen molar-refractivity contribution >= 4 is 16.9 Å². The SMILES string of the molecule is C=C[C@@H](CC(F)(F)C(=O)OCC)[C@@](C)(O)c1cc2ccccc2o1. The molecule has 2 atom stereocenters. The minimum atomic E-state index is -3.73. The molecule has 1 N–H and O–H groups in total. The second kappa shape index (κ2) is 6.73. The second-order valence-corrected chi connectivity index (χ2v) is 5.77. The number of aliphatic hydroxyl groups is 1. The highest BCUT2D eigenvalue weighted by Crippen LogP contribution is 2.39. The zero-order valence-electron chi connectivity index (χ0n) is 13.6. The van der Waals surface area contributed by atoms with E-state index in [2.05, 4.69) is 11.3 Å². The third-order valence-electron chi connectivity index (χ3n) is 3.98. The lowest BCUT2D eigenvalue weighted by Crippen LogP contribution is -2.39. The third-order valence-corrected chi connectivity index (χ3v) is 3.98. The minimum absolute atomic E-state index is 0.133. The third kappa shape index (κ3) is 3.48. The highest BCUT2D eigenvalue weighted by Gasteiger charge is 2.47. The molecule has 0 unspecified atom stereocenters. The first-order valence-corrected chi connectivity index (χ1v) is 7.61. The molecule has 24 heavy (non-hydrogen) atoms. The number of carbonyl (C=O) groups excluding carboxylic acids is 1. The molecule has 4 nitrogen and oxygen atoms in total. The van der Waals surface area contributed by atoms with Crippen LogP contribution in [0.2, 0.25) is 0 Å². The molecule has 1 aromatic heterocycles. The van der Waals surface area contributed by atoms with E-state index < -0.39 is 29.8 Å². The predicted molar refractivity (Wildman–Crippen MR) is 85.7 cm³/mol. The maximum atomic E-state index is 14.0. The molecule has 0 bridgehead atoms. The van der Waals surface area contributed by atoms with E-state index in [1.807, 2.05) is 0 Å². The largest absolute Gasteiger partial charge is 0.462 e. The Morgan fingerprint density at radius 3 is 2.71 bits per heavy atom. The zero-order valence-corrected chi connectivity index (χ0v) is 13.6. The Hall–Kier alpha value is -2.21. The van der Waals surface area contributed by atoms with Gasteiger partial charge in [0.1, 0.15) is 16.9 Å². The van der Waals surface area contributed by atoms with Gasteiger partial charge in [0.2, 0.25) is 0 Å². The van der Waals surface area contributed by atoms with Crippen LogP contribution >= 0.6 is 0 Å². The number of halogens is 2. The fraction of sp³-hybridized carbons (Fsp3) is 0.389. The van der Waals surface area contributed by atoms with Gasteiger partial charge in [-0.2, -0.15) is 8.78 Å². The molecule has 0 saturated carbocycles. The summed E-state index contributed by atoms with van der Waals surface area (Å²) in [5, 5.41) is 11.5. The summed E-state index contributed by atoms with van der Waals surface area (Å²) in [6.45, 7) is 6.17. The summed E-state index contributed by atoms with van der Waals surface area (Å²) in [7, 11) is 0. The first-order chi connectivity index (χ1) is 11.2. The lowest BCUT2D eigenvalue weighted by Gasteiger charge is -2.30. The number of para-hydroxylation sites is 1. The van der Waals surface area contributed by atoms with E-state index in [1.54, 1.807) is 30.3 Å². The monoisotopic (exact) mass is 338 g/mol. The number of hydrogen-bond donors (Lipinski definition) is 1. The van der Waals surface area contributed by atoms with Gasteiger partial charge in [-0.3, -0.25) is 0 Å². The van der Waals surface area contributed by atoms with Gasteiger partial charge in [-0.1, -0.05) is 24.3 Å². The van der Waals surface area contributed by atoms with Crippen molar-refractivity contribution in [2.24, 2.45) is 5.92 Å². The lowest BCUT2D eigenvalue weighted by atomic mass is 9.82. The standard InChI is InChI=1S/C18H20F2O4/c1-4-13(11-18(19,20)16(21)23-5-2)17(3,22)15-10-12-8-6-7-9-14(12)24-15/h4,6-10,13,22H,1,5,11H2,2-3H3/t13-,17+/m0/s1. The molecule has 0 saturated heterocycles. The Balaban J connectivity index is 2.30. The van der Waals surface area contributed by atoms with E-state index in [4.69, 9.17) is 4.42 Å². The molecule has 0 aliphatic carbocycles. The number of rotatable bonds is 7. The van der Waals surface area contributed by atoms with Crippen LogP contribution in [0, 0.1) is 5.92 Å². The lowest BCUT2D eigenvalue weighted by molar-refractivity contribution is -0.176. The molecular weight excluding hydrogens is 318 g/mol. The smallest absolute Gasteiger partial charge is 0.376 e. The van der Waals surface area contributed by atoms with E-state index >= 15 is 0 Å². The molecule has 2 rings (SSSR count). The van der Waals surface area contributed by atoms with Crippen molar-refractivity contribution < 1.29 is 27.8 Å². The summed E-state index contributed by atoms with van der Waals surface area (Å²) in [6, 6.07) is 8.66. The molecule has 0 radical (unpaired) electrons. The van der Waals surface area contributed by atoms with Crippen LogP contribution in [0.3, 0.4) is 0 Å². The molecule has 1 heterocycles. The normalized spacial score (nSPS) is 15.7. The van der Waals surface area contributed by atoms with Gasteiger partial charge in [0.05, 0.1) is 6.61 Å². The van der Waals surface area contributed by atoms with Crippen molar-refractivity contribution in [2.75, 3.05) is 6.61 Å². The van der Waals surface area contributed by atoms with Crippen LogP contribution in [0.4, 0.5) is 8.78 Å². The van der Waals surface area contributed by atoms with Crippen LogP contribution in [0.15, 0.2) is 47.4 Å². The molecule has 1 aromatic carbocycles. The number of benzene rings is 1. The van der Waals surface area contributed by atoms with Crippen LogP contribution in [0.5, 0.6) is 0 Å². The number of furan rings is 1. The highest BCUT2D eigenvalue weighted by atomic mass is 19.3. The van der Waals surface area contributed by atoms with Crippen LogP contribution in [0.1, 0.15) is 26.0 Å². The van der Waals surface area contributed by atoms with Gasteiger partial charge in [0.25, 0.3) is 0 Å². The van der Waals surface area contributed by atoms with Gasteiger partial charge in [0.15, 0.2) is 0 Å². The van der Waals surface area contributed by atoms with Crippen molar-refractivity contribution in [1.29, 1.82) is 0 Å². The number of esters is 1. The van der Waals surface area contributed by atoms with Gasteiger partial charge in [-0.25, -0.2) is 4.79 Å². The van der Waals surface area contributed by atoms with Crippen molar-refractivity contribution in [2.45, 2.75) is 31.8 Å². The van der Waals surface area contributed by atoms with Gasteiger partial charge in [-0.15, -0.1) is 6.58 Å². The van der Waals surface area contributed by atoms with Crippen LogP contribution in [-0.4, -0.2) is 23.6 Å². The summed E-state index contributed by atoms with van der Waals surface area (Å²) in [4.78, 5) is 11.4. The maximum Gasteiger partial charge on any atom is 0.376 e. The summed E-state index contributed by atoms with van der Waals surface area (Å²) < 4.78 is 38.0. The van der Waals surface area contributed by atoms with Gasteiger partial charge >= 0.3 is 11.9 Å². The van der Waals surface area contributed by atoms with E-state index in [0.29, 0.717) is 5.58 Å². The van der Waals surface area contributed by atoms with Gasteiger partial charge in [0, 0.05) is 17.7 Å². The first kappa shape index (κ1) is 18.1. The first-order valence-electron chi connectivity index (χ1n) is 7.61. The highest BCUT2D eigenvalue weighted by molar-refractivity contribution is 5.78. The topological polar surface area (TPSA) is 59.7 Å². The summed E-state index contributed by atoms with van der Waals surface area (Å²) in [6.07, 6.45) is 0.264. The molecule has 0 spiro atoms. The van der Waals surface area contributed by atoms with Gasteiger partial charge < -0.3 is 14.3 Å². The molecule has 0 aliphatic heterocycles. The van der Waals surface area contributed by atoms with Crippen molar-refractivity contribution in [3.63, 3.8) is 0 Å². The second-order valence-electron chi connectivity index (χ2n) is 5.77. The molecule has 6 heteroatoms. The number of hydrogen-bond acceptors (Lipinski definition) is 4. The summed E-state index contributed by atoms with van der Waals surface area (Å²) >= 11 is 0. The quantitative estimate of drug-likeness (QED) is 0.612. The molecule has 0 aliphatic rings. The fourth-order valence-corrected chi connectivity index (χ4v) is 2.52.